The molecule has 0 amide bonds. The van der Waals surface area contributed by atoms with Crippen molar-refractivity contribution in [2.45, 2.75) is 12.8 Å². The molecule has 1 aliphatic rings. The molecule has 1 heterocycles. The van der Waals surface area contributed by atoms with Gasteiger partial charge in [-0.25, -0.2) is 8.78 Å². The Bertz CT molecular complexity index is 954. The summed E-state index contributed by atoms with van der Waals surface area (Å²) in [4.78, 5) is 4.54. The smallest absolute Gasteiger partial charge is 0.137 e. The van der Waals surface area contributed by atoms with Crippen LogP contribution in [-0.4, -0.2) is 63.3 Å². The van der Waals surface area contributed by atoms with E-state index in [1.807, 2.05) is 12.1 Å². The fourth-order valence-electron chi connectivity index (χ4n) is 3.88. The molecule has 8 heteroatoms. The zero-order chi connectivity index (χ0) is 23.1. The molecule has 0 bridgehead atoms. The Kier molecular flexibility index (Phi) is 7.99. The van der Waals surface area contributed by atoms with Gasteiger partial charge in [-0.05, 0) is 48.2 Å². The number of halogens is 2. The first-order chi connectivity index (χ1) is 15.5. The molecule has 1 fully saturated rings. The quantitative estimate of drug-likeness (QED) is 0.628. The molecule has 0 N–H and O–H groups in total. The summed E-state index contributed by atoms with van der Waals surface area (Å²) in [5.41, 5.74) is 1.46. The number of ether oxygens (including phenoxy) is 2. The van der Waals surface area contributed by atoms with E-state index in [2.05, 4.69) is 9.80 Å². The lowest BCUT2D eigenvalue weighted by Crippen LogP contribution is -2.47. The second kappa shape index (κ2) is 10.9. The lowest BCUT2D eigenvalue weighted by Gasteiger charge is -2.34. The topological polar surface area (TPSA) is 72.5 Å². The Morgan fingerprint density at radius 2 is 1.12 bits per heavy atom. The maximum Gasteiger partial charge on any atom is 0.137 e. The maximum atomic E-state index is 14.3. The minimum Gasteiger partial charge on any atom is -0.495 e. The van der Waals surface area contributed by atoms with Crippen LogP contribution in [0.1, 0.15) is 22.3 Å². The lowest BCUT2D eigenvalue weighted by atomic mass is 10.1. The van der Waals surface area contributed by atoms with E-state index < -0.39 is 0 Å². The van der Waals surface area contributed by atoms with Crippen LogP contribution in [0.2, 0.25) is 0 Å². The fraction of sp³-hybridized carbons (Fsp3) is 0.417. The van der Waals surface area contributed by atoms with Crippen molar-refractivity contribution in [3.05, 3.63) is 58.2 Å². The number of hydrogen-bond donors (Lipinski definition) is 0. The summed E-state index contributed by atoms with van der Waals surface area (Å²) in [6.07, 6.45) is 1.06. The highest BCUT2D eigenvalue weighted by Crippen LogP contribution is 2.24. The van der Waals surface area contributed by atoms with E-state index in [-0.39, 0.29) is 22.8 Å². The average Bonchev–Trinajstić information content (AvgIpc) is 2.82. The average molecular weight is 440 g/mol. The van der Waals surface area contributed by atoms with Gasteiger partial charge in [0, 0.05) is 39.3 Å². The molecule has 0 spiro atoms. The Morgan fingerprint density at radius 3 is 1.44 bits per heavy atom. The van der Waals surface area contributed by atoms with E-state index in [4.69, 9.17) is 20.0 Å². The van der Waals surface area contributed by atoms with E-state index in [1.54, 1.807) is 12.1 Å². The number of hydrogen-bond acceptors (Lipinski definition) is 6. The molecule has 0 aliphatic carbocycles. The van der Waals surface area contributed by atoms with Gasteiger partial charge in [-0.1, -0.05) is 0 Å². The Morgan fingerprint density at radius 1 is 0.750 bits per heavy atom. The summed E-state index contributed by atoms with van der Waals surface area (Å²) in [6.45, 7) is 4.79. The van der Waals surface area contributed by atoms with Gasteiger partial charge in [0.2, 0.25) is 0 Å². The molecule has 0 unspecified atom stereocenters. The number of nitriles is 2. The van der Waals surface area contributed by atoms with Gasteiger partial charge >= 0.3 is 0 Å². The minimum absolute atomic E-state index is 0.193. The van der Waals surface area contributed by atoms with Gasteiger partial charge in [-0.3, -0.25) is 0 Å². The zero-order valence-electron chi connectivity index (χ0n) is 18.3. The van der Waals surface area contributed by atoms with Crippen molar-refractivity contribution in [2.24, 2.45) is 0 Å². The van der Waals surface area contributed by atoms with Crippen LogP contribution in [0.15, 0.2) is 24.3 Å². The SMILES string of the molecule is COc1cc(CCN2CCN(CCc3cc(OC)c(C#N)cc3F)CC2)c(F)cc1C#N. The predicted molar refractivity (Wildman–Crippen MR) is 116 cm³/mol. The Labute approximate surface area is 187 Å². The van der Waals surface area contributed by atoms with Gasteiger partial charge in [-0.15, -0.1) is 0 Å². The first-order valence-electron chi connectivity index (χ1n) is 10.5. The van der Waals surface area contributed by atoms with Crippen LogP contribution in [-0.2, 0) is 12.8 Å². The monoisotopic (exact) mass is 440 g/mol. The third-order valence-electron chi connectivity index (χ3n) is 5.84. The largest absolute Gasteiger partial charge is 0.495 e. The highest BCUT2D eigenvalue weighted by Gasteiger charge is 2.19. The molecule has 3 rings (SSSR count). The Balaban J connectivity index is 1.49. The summed E-state index contributed by atoms with van der Waals surface area (Å²) in [6, 6.07) is 9.53. The van der Waals surface area contributed by atoms with E-state index >= 15 is 0 Å². The first kappa shape index (κ1) is 23.5. The number of rotatable bonds is 8. The van der Waals surface area contributed by atoms with Crippen LogP contribution in [0.3, 0.4) is 0 Å². The molecule has 2 aromatic rings. The molecule has 1 aliphatic heterocycles. The van der Waals surface area contributed by atoms with Crippen LogP contribution in [0.4, 0.5) is 8.78 Å². The molecule has 1 saturated heterocycles. The highest BCUT2D eigenvalue weighted by molar-refractivity contribution is 5.47. The van der Waals surface area contributed by atoms with E-state index in [0.717, 1.165) is 26.2 Å². The van der Waals surface area contributed by atoms with Crippen LogP contribution in [0.25, 0.3) is 0 Å². The molecule has 2 aromatic carbocycles. The van der Waals surface area contributed by atoms with Crippen molar-refractivity contribution in [1.82, 2.24) is 9.80 Å². The number of methoxy groups -OCH3 is 2. The summed E-state index contributed by atoms with van der Waals surface area (Å²) >= 11 is 0. The lowest BCUT2D eigenvalue weighted by molar-refractivity contribution is 0.134. The zero-order valence-corrected chi connectivity index (χ0v) is 18.3. The molecule has 168 valence electrons. The first-order valence-corrected chi connectivity index (χ1v) is 10.5. The molecule has 0 saturated carbocycles. The molecule has 0 radical (unpaired) electrons. The molecule has 6 nitrogen and oxygen atoms in total. The summed E-state index contributed by atoms with van der Waals surface area (Å²) < 4.78 is 38.9. The van der Waals surface area contributed by atoms with Gasteiger partial charge in [0.05, 0.1) is 25.3 Å². The van der Waals surface area contributed by atoms with Crippen LogP contribution in [0.5, 0.6) is 11.5 Å². The number of nitrogens with zero attached hydrogens (tertiary/aromatic N) is 4. The van der Waals surface area contributed by atoms with Crippen LogP contribution in [0, 0.1) is 34.3 Å². The normalized spacial score (nSPS) is 14.6. The summed E-state index contributed by atoms with van der Waals surface area (Å²) in [5.74, 6) is 0.00230. The summed E-state index contributed by atoms with van der Waals surface area (Å²) in [5, 5.41) is 18.1. The van der Waals surface area contributed by atoms with E-state index in [1.165, 1.54) is 26.4 Å². The van der Waals surface area contributed by atoms with Crippen molar-refractivity contribution in [3.8, 4) is 23.6 Å². The van der Waals surface area contributed by atoms with Gasteiger partial charge in [0.1, 0.15) is 35.3 Å². The molecule has 32 heavy (non-hydrogen) atoms. The number of piperazine rings is 1. The fourth-order valence-corrected chi connectivity index (χ4v) is 3.88. The van der Waals surface area contributed by atoms with Crippen molar-refractivity contribution < 1.29 is 18.3 Å². The second-order valence-corrected chi connectivity index (χ2v) is 7.69. The third kappa shape index (κ3) is 5.53. The van der Waals surface area contributed by atoms with Crippen LogP contribution >= 0.6 is 0 Å². The third-order valence-corrected chi connectivity index (χ3v) is 5.84. The predicted octanol–water partition coefficient (Wildman–Crippen LogP) is 3.13. The van der Waals surface area contributed by atoms with Crippen LogP contribution < -0.4 is 9.47 Å². The van der Waals surface area contributed by atoms with Crippen molar-refractivity contribution >= 4 is 0 Å². The highest BCUT2D eigenvalue weighted by atomic mass is 19.1. The molecular weight excluding hydrogens is 414 g/mol. The molecule has 0 atom stereocenters. The summed E-state index contributed by atoms with van der Waals surface area (Å²) in [7, 11) is 2.94. The van der Waals surface area contributed by atoms with E-state index in [0.29, 0.717) is 48.6 Å². The van der Waals surface area contributed by atoms with Crippen molar-refractivity contribution in [2.75, 3.05) is 53.5 Å². The molecule has 0 aromatic heterocycles. The van der Waals surface area contributed by atoms with Gasteiger partial charge < -0.3 is 19.3 Å². The van der Waals surface area contributed by atoms with Crippen molar-refractivity contribution in [1.29, 1.82) is 10.5 Å². The van der Waals surface area contributed by atoms with E-state index in [9.17, 15) is 8.78 Å². The molecular formula is C24H26F2N4O2. The van der Waals surface area contributed by atoms with Gasteiger partial charge in [0.15, 0.2) is 0 Å². The number of benzene rings is 2. The minimum atomic E-state index is -0.388. The Hall–Kier alpha value is -3.20. The second-order valence-electron chi connectivity index (χ2n) is 7.69. The standard InChI is InChI=1S/C24H26F2N4O2/c1-31-23-13-17(21(25)11-19(23)15-27)3-5-29-7-9-30(10-8-29)6-4-18-14-24(32-2)20(16-28)12-22(18)26/h11-14H,3-10H2,1-2H3. The maximum absolute atomic E-state index is 14.3. The van der Waals surface area contributed by atoms with Gasteiger partial charge in [0.25, 0.3) is 0 Å². The van der Waals surface area contributed by atoms with Gasteiger partial charge in [-0.2, -0.15) is 10.5 Å². The van der Waals surface area contributed by atoms with Crippen molar-refractivity contribution in [3.63, 3.8) is 0 Å².